The Bertz CT molecular complexity index is 611. The molecule has 1 aliphatic rings. The Hall–Kier alpha value is -2.23. The number of benzene rings is 1. The van der Waals surface area contributed by atoms with Gasteiger partial charge in [-0.15, -0.1) is 0 Å². The van der Waals surface area contributed by atoms with Crippen LogP contribution in [0, 0.1) is 0 Å². The number of amides is 1. The van der Waals surface area contributed by atoms with Gasteiger partial charge < -0.3 is 15.6 Å². The molecule has 4 nitrogen and oxygen atoms in total. The normalized spacial score (nSPS) is 14.7. The molecule has 0 saturated heterocycles. The van der Waals surface area contributed by atoms with Crippen molar-refractivity contribution in [3.8, 4) is 0 Å². The highest BCUT2D eigenvalue weighted by molar-refractivity contribution is 5.92. The van der Waals surface area contributed by atoms with E-state index in [4.69, 9.17) is 5.73 Å². The van der Waals surface area contributed by atoms with Crippen molar-refractivity contribution in [3.05, 3.63) is 53.9 Å². The van der Waals surface area contributed by atoms with E-state index in [2.05, 4.69) is 9.88 Å². The zero-order valence-electron chi connectivity index (χ0n) is 12.1. The average Bonchev–Trinajstić information content (AvgIpc) is 2.88. The SMILES string of the molecule is Nc1ccc(CCNC(=O)c2cccn2C2CCC2)cc1. The first kappa shape index (κ1) is 13.7. The van der Waals surface area contributed by atoms with E-state index in [9.17, 15) is 4.79 Å². The zero-order chi connectivity index (χ0) is 14.7. The first-order valence-electron chi connectivity index (χ1n) is 7.53. The second kappa shape index (κ2) is 6.04. The van der Waals surface area contributed by atoms with Crippen LogP contribution >= 0.6 is 0 Å². The molecule has 2 aromatic rings. The minimum absolute atomic E-state index is 0.0161. The summed E-state index contributed by atoms with van der Waals surface area (Å²) >= 11 is 0. The third-order valence-electron chi connectivity index (χ3n) is 4.16. The van der Waals surface area contributed by atoms with Gasteiger partial charge in [-0.05, 0) is 55.5 Å². The number of anilines is 1. The van der Waals surface area contributed by atoms with Crippen LogP contribution in [-0.2, 0) is 6.42 Å². The van der Waals surface area contributed by atoms with Crippen molar-refractivity contribution in [1.29, 1.82) is 0 Å². The van der Waals surface area contributed by atoms with Gasteiger partial charge in [-0.1, -0.05) is 12.1 Å². The Morgan fingerprint density at radius 1 is 1.24 bits per heavy atom. The lowest BCUT2D eigenvalue weighted by atomic mass is 9.93. The molecule has 1 saturated carbocycles. The van der Waals surface area contributed by atoms with Crippen LogP contribution < -0.4 is 11.1 Å². The molecule has 0 spiro atoms. The van der Waals surface area contributed by atoms with Crippen molar-refractivity contribution in [3.63, 3.8) is 0 Å². The van der Waals surface area contributed by atoms with Crippen LogP contribution in [0.4, 0.5) is 5.69 Å². The zero-order valence-corrected chi connectivity index (χ0v) is 12.1. The summed E-state index contributed by atoms with van der Waals surface area (Å²) < 4.78 is 2.11. The number of nitrogens with one attached hydrogen (secondary N) is 1. The summed E-state index contributed by atoms with van der Waals surface area (Å²) in [7, 11) is 0. The third-order valence-corrected chi connectivity index (χ3v) is 4.16. The van der Waals surface area contributed by atoms with Gasteiger partial charge in [-0.2, -0.15) is 0 Å². The summed E-state index contributed by atoms with van der Waals surface area (Å²) in [5.74, 6) is 0.0161. The number of nitrogens with two attached hydrogens (primary N) is 1. The van der Waals surface area contributed by atoms with Crippen molar-refractivity contribution < 1.29 is 4.79 Å². The van der Waals surface area contributed by atoms with Crippen LogP contribution in [0.25, 0.3) is 0 Å². The molecule has 3 rings (SSSR count). The van der Waals surface area contributed by atoms with Gasteiger partial charge in [-0.25, -0.2) is 0 Å². The van der Waals surface area contributed by atoms with E-state index in [0.29, 0.717) is 12.6 Å². The van der Waals surface area contributed by atoms with Gasteiger partial charge >= 0.3 is 0 Å². The molecule has 4 heteroatoms. The van der Waals surface area contributed by atoms with Gasteiger partial charge in [0, 0.05) is 24.5 Å². The van der Waals surface area contributed by atoms with Gasteiger partial charge in [0.05, 0.1) is 0 Å². The molecular formula is C17H21N3O. The lowest BCUT2D eigenvalue weighted by Gasteiger charge is -2.28. The summed E-state index contributed by atoms with van der Waals surface area (Å²) in [6.07, 6.45) is 6.46. The highest BCUT2D eigenvalue weighted by Gasteiger charge is 2.22. The van der Waals surface area contributed by atoms with E-state index in [1.807, 2.05) is 42.6 Å². The van der Waals surface area contributed by atoms with Gasteiger partial charge in [0.1, 0.15) is 5.69 Å². The summed E-state index contributed by atoms with van der Waals surface area (Å²) in [5, 5.41) is 3.00. The van der Waals surface area contributed by atoms with E-state index in [1.54, 1.807) is 0 Å². The quantitative estimate of drug-likeness (QED) is 0.829. The maximum absolute atomic E-state index is 12.3. The number of aromatic nitrogens is 1. The molecule has 1 fully saturated rings. The first-order chi connectivity index (χ1) is 10.2. The van der Waals surface area contributed by atoms with E-state index in [0.717, 1.165) is 17.8 Å². The average molecular weight is 283 g/mol. The Balaban J connectivity index is 1.54. The molecule has 0 atom stereocenters. The molecule has 0 aliphatic heterocycles. The number of hydrogen-bond donors (Lipinski definition) is 2. The lowest BCUT2D eigenvalue weighted by Crippen LogP contribution is -2.30. The van der Waals surface area contributed by atoms with E-state index >= 15 is 0 Å². The number of nitrogens with zero attached hydrogens (tertiary/aromatic N) is 1. The Morgan fingerprint density at radius 3 is 2.67 bits per heavy atom. The molecule has 1 heterocycles. The van der Waals surface area contributed by atoms with E-state index < -0.39 is 0 Å². The van der Waals surface area contributed by atoms with Crippen molar-refractivity contribution >= 4 is 11.6 Å². The van der Waals surface area contributed by atoms with Crippen molar-refractivity contribution in [1.82, 2.24) is 9.88 Å². The maximum Gasteiger partial charge on any atom is 0.267 e. The van der Waals surface area contributed by atoms with Crippen molar-refractivity contribution in [2.75, 3.05) is 12.3 Å². The smallest absolute Gasteiger partial charge is 0.267 e. The second-order valence-corrected chi connectivity index (χ2v) is 5.63. The van der Waals surface area contributed by atoms with Crippen molar-refractivity contribution in [2.24, 2.45) is 0 Å². The number of rotatable bonds is 5. The molecule has 1 aromatic heterocycles. The lowest BCUT2D eigenvalue weighted by molar-refractivity contribution is 0.0939. The fourth-order valence-electron chi connectivity index (χ4n) is 2.66. The molecule has 110 valence electrons. The summed E-state index contributed by atoms with van der Waals surface area (Å²) in [5.41, 5.74) is 8.38. The van der Waals surface area contributed by atoms with E-state index in [1.165, 1.54) is 24.8 Å². The van der Waals surface area contributed by atoms with Crippen LogP contribution in [0.1, 0.15) is 41.4 Å². The number of nitrogen functional groups attached to an aromatic ring is 1. The predicted molar refractivity (Wildman–Crippen MR) is 84.2 cm³/mol. The number of carbonyl (C=O) groups is 1. The molecule has 21 heavy (non-hydrogen) atoms. The number of carbonyl (C=O) groups excluding carboxylic acids is 1. The summed E-state index contributed by atoms with van der Waals surface area (Å²) in [4.78, 5) is 12.3. The predicted octanol–water partition coefficient (Wildman–Crippen LogP) is 2.77. The Labute approximate surface area is 125 Å². The molecule has 0 radical (unpaired) electrons. The number of hydrogen-bond acceptors (Lipinski definition) is 2. The molecule has 3 N–H and O–H groups in total. The van der Waals surface area contributed by atoms with Gasteiger partial charge in [0.25, 0.3) is 5.91 Å². The summed E-state index contributed by atoms with van der Waals surface area (Å²) in [6.45, 7) is 0.637. The van der Waals surface area contributed by atoms with Crippen LogP contribution in [0.15, 0.2) is 42.6 Å². The second-order valence-electron chi connectivity index (χ2n) is 5.63. The van der Waals surface area contributed by atoms with Crippen LogP contribution in [0.5, 0.6) is 0 Å². The minimum Gasteiger partial charge on any atom is -0.399 e. The molecule has 1 amide bonds. The van der Waals surface area contributed by atoms with Gasteiger partial charge in [-0.3, -0.25) is 4.79 Å². The first-order valence-corrected chi connectivity index (χ1v) is 7.53. The largest absolute Gasteiger partial charge is 0.399 e. The fraction of sp³-hybridized carbons (Fsp3) is 0.353. The molecular weight excluding hydrogens is 262 g/mol. The van der Waals surface area contributed by atoms with E-state index in [-0.39, 0.29) is 5.91 Å². The summed E-state index contributed by atoms with van der Waals surface area (Å²) in [6, 6.07) is 12.1. The minimum atomic E-state index is 0.0161. The topological polar surface area (TPSA) is 60.0 Å². The van der Waals surface area contributed by atoms with Gasteiger partial charge in [0.15, 0.2) is 0 Å². The third kappa shape index (κ3) is 3.10. The van der Waals surface area contributed by atoms with Crippen LogP contribution in [0.2, 0.25) is 0 Å². The molecule has 1 aliphatic carbocycles. The maximum atomic E-state index is 12.3. The highest BCUT2D eigenvalue weighted by Crippen LogP contribution is 2.32. The standard InChI is InChI=1S/C17H21N3O/c18-14-8-6-13(7-9-14)10-11-19-17(21)16-5-2-12-20(16)15-3-1-4-15/h2,5-9,12,15H,1,3-4,10-11,18H2,(H,19,21). The molecule has 0 unspecified atom stereocenters. The fourth-order valence-corrected chi connectivity index (χ4v) is 2.66. The highest BCUT2D eigenvalue weighted by atomic mass is 16.1. The van der Waals surface area contributed by atoms with Crippen molar-refractivity contribution in [2.45, 2.75) is 31.7 Å². The van der Waals surface area contributed by atoms with Crippen LogP contribution in [0.3, 0.4) is 0 Å². The Kier molecular flexibility index (Phi) is 3.95. The molecule has 0 bridgehead atoms. The monoisotopic (exact) mass is 283 g/mol. The molecule has 1 aromatic carbocycles. The Morgan fingerprint density at radius 2 is 2.00 bits per heavy atom. The van der Waals surface area contributed by atoms with Gasteiger partial charge in [0.2, 0.25) is 0 Å². The van der Waals surface area contributed by atoms with Crippen LogP contribution in [-0.4, -0.2) is 17.0 Å².